The summed E-state index contributed by atoms with van der Waals surface area (Å²) < 4.78 is 18.2. The van der Waals surface area contributed by atoms with Crippen LogP contribution in [0.25, 0.3) is 5.57 Å². The van der Waals surface area contributed by atoms with Gasteiger partial charge in [0.05, 0.1) is 31.8 Å². The molecule has 1 saturated heterocycles. The predicted octanol–water partition coefficient (Wildman–Crippen LogP) is 3.82. The fourth-order valence-electron chi connectivity index (χ4n) is 5.43. The number of carbonyl (C=O) groups excluding carboxylic acids is 2. The fourth-order valence-corrected chi connectivity index (χ4v) is 5.43. The largest absolute Gasteiger partial charge is 0.427 e. The van der Waals surface area contributed by atoms with E-state index in [9.17, 15) is 9.59 Å². The van der Waals surface area contributed by atoms with Crippen LogP contribution in [0.5, 0.6) is 0 Å². The van der Waals surface area contributed by atoms with Gasteiger partial charge in [0.1, 0.15) is 11.3 Å². The summed E-state index contributed by atoms with van der Waals surface area (Å²) in [5.74, 6) is -0.780. The van der Waals surface area contributed by atoms with Crippen LogP contribution in [-0.4, -0.2) is 48.6 Å². The summed E-state index contributed by atoms with van der Waals surface area (Å²) in [5, 5.41) is 1.43. The number of rotatable bonds is 4. The van der Waals surface area contributed by atoms with E-state index in [-0.39, 0.29) is 17.8 Å². The number of hydroxylamine groups is 2. The summed E-state index contributed by atoms with van der Waals surface area (Å²) >= 11 is 0. The van der Waals surface area contributed by atoms with Gasteiger partial charge in [0.2, 0.25) is 0 Å². The number of carbonyl (C=O) groups is 2. The van der Waals surface area contributed by atoms with Crippen LogP contribution in [-0.2, 0) is 28.6 Å². The first-order valence-corrected chi connectivity index (χ1v) is 11.6. The molecule has 0 bridgehead atoms. The van der Waals surface area contributed by atoms with E-state index in [1.54, 1.807) is 0 Å². The van der Waals surface area contributed by atoms with Crippen LogP contribution in [0, 0.1) is 19.8 Å². The fraction of sp³-hybridized carbons (Fsp3) is 0.600. The van der Waals surface area contributed by atoms with Gasteiger partial charge in [0.15, 0.2) is 5.79 Å². The van der Waals surface area contributed by atoms with Gasteiger partial charge >= 0.3 is 5.97 Å². The normalized spacial score (nSPS) is 24.5. The highest BCUT2D eigenvalue weighted by Gasteiger charge is 2.60. The smallest absolute Gasteiger partial charge is 0.314 e. The molecule has 7 nitrogen and oxygen atoms in total. The van der Waals surface area contributed by atoms with Crippen molar-refractivity contribution >= 4 is 17.4 Å². The lowest BCUT2D eigenvalue weighted by Gasteiger charge is -2.48. The maximum Gasteiger partial charge on any atom is 0.314 e. The highest BCUT2D eigenvalue weighted by atomic mass is 16.7. The second-order valence-electron chi connectivity index (χ2n) is 9.44. The van der Waals surface area contributed by atoms with E-state index in [0.717, 1.165) is 36.0 Å². The van der Waals surface area contributed by atoms with Crippen molar-refractivity contribution in [3.63, 3.8) is 0 Å². The average molecular weight is 442 g/mol. The molecule has 0 aromatic heterocycles. The minimum Gasteiger partial charge on any atom is -0.427 e. The van der Waals surface area contributed by atoms with Crippen LogP contribution in [0.3, 0.4) is 0 Å². The van der Waals surface area contributed by atoms with Crippen molar-refractivity contribution in [3.05, 3.63) is 40.6 Å². The Morgan fingerprint density at radius 2 is 1.69 bits per heavy atom. The molecule has 1 amide bonds. The Morgan fingerprint density at radius 1 is 1.06 bits per heavy atom. The molecular weight excluding hydrogens is 410 g/mol. The third-order valence-electron chi connectivity index (χ3n) is 7.32. The molecule has 0 atom stereocenters. The zero-order valence-electron chi connectivity index (χ0n) is 19.1. The Kier molecular flexibility index (Phi) is 5.39. The first kappa shape index (κ1) is 21.6. The molecule has 172 valence electrons. The number of esters is 1. The minimum atomic E-state index is -0.851. The molecule has 0 unspecified atom stereocenters. The van der Waals surface area contributed by atoms with Crippen molar-refractivity contribution in [1.29, 1.82) is 0 Å². The monoisotopic (exact) mass is 441 g/mol. The van der Waals surface area contributed by atoms with E-state index >= 15 is 0 Å². The Labute approximate surface area is 188 Å². The molecule has 2 aliphatic carbocycles. The molecule has 0 radical (unpaired) electrons. The highest BCUT2D eigenvalue weighted by molar-refractivity contribution is 6.23. The third kappa shape index (κ3) is 3.38. The number of benzene rings is 1. The van der Waals surface area contributed by atoms with Gasteiger partial charge in [-0.15, -0.1) is 0 Å². The van der Waals surface area contributed by atoms with E-state index < -0.39 is 11.3 Å². The second-order valence-corrected chi connectivity index (χ2v) is 9.44. The van der Waals surface area contributed by atoms with Crippen molar-refractivity contribution in [2.24, 2.45) is 5.92 Å². The van der Waals surface area contributed by atoms with Crippen molar-refractivity contribution in [3.8, 4) is 0 Å². The van der Waals surface area contributed by atoms with Crippen LogP contribution in [0.1, 0.15) is 61.6 Å². The first-order valence-electron chi connectivity index (χ1n) is 11.6. The maximum atomic E-state index is 13.7. The van der Waals surface area contributed by atoms with Crippen molar-refractivity contribution in [1.82, 2.24) is 5.06 Å². The van der Waals surface area contributed by atoms with Gasteiger partial charge in [0, 0.05) is 12.8 Å². The zero-order chi connectivity index (χ0) is 22.5. The quantitative estimate of drug-likeness (QED) is 0.662. The van der Waals surface area contributed by atoms with Gasteiger partial charge in [-0.05, 0) is 62.6 Å². The second kappa shape index (κ2) is 7.97. The topological polar surface area (TPSA) is 74.3 Å². The summed E-state index contributed by atoms with van der Waals surface area (Å²) in [5.41, 5.74) is 2.34. The van der Waals surface area contributed by atoms with E-state index in [4.69, 9.17) is 19.0 Å². The average Bonchev–Trinajstić information content (AvgIpc) is 3.60. The van der Waals surface area contributed by atoms with E-state index in [2.05, 4.69) is 0 Å². The molecule has 1 aromatic rings. The number of amides is 1. The highest BCUT2D eigenvalue weighted by Crippen LogP contribution is 2.53. The predicted molar refractivity (Wildman–Crippen MR) is 116 cm³/mol. The zero-order valence-corrected chi connectivity index (χ0v) is 19.1. The molecule has 2 saturated carbocycles. The molecule has 2 aliphatic heterocycles. The summed E-state index contributed by atoms with van der Waals surface area (Å²) in [4.78, 5) is 32.3. The summed E-state index contributed by atoms with van der Waals surface area (Å²) in [6, 6.07) is 5.92. The third-order valence-corrected chi connectivity index (χ3v) is 7.32. The number of hydrogen-bond donors (Lipinski definition) is 0. The maximum absolute atomic E-state index is 13.7. The minimum absolute atomic E-state index is 0.0783. The van der Waals surface area contributed by atoms with Crippen LogP contribution >= 0.6 is 0 Å². The van der Waals surface area contributed by atoms with Crippen molar-refractivity contribution in [2.45, 2.75) is 70.1 Å². The Hall–Kier alpha value is -2.22. The van der Waals surface area contributed by atoms with Crippen molar-refractivity contribution in [2.75, 3.05) is 20.3 Å². The standard InChI is InChI=1S/C25H31NO6/c1-16-6-4-7-17(2)19(16)20-21(32-23(28)18-8-9-18)24(26(29-3)22(20)27)10-12-25(13-11-24)30-14-5-15-31-25/h4,6-7,18H,5,8-15H2,1-3H3. The Morgan fingerprint density at radius 3 is 2.25 bits per heavy atom. The van der Waals surface area contributed by atoms with Crippen LogP contribution in [0.2, 0.25) is 0 Å². The van der Waals surface area contributed by atoms with Crippen LogP contribution < -0.4 is 0 Å². The molecule has 1 aromatic carbocycles. The lowest BCUT2D eigenvalue weighted by atomic mass is 9.76. The molecule has 2 heterocycles. The summed E-state index contributed by atoms with van der Waals surface area (Å²) in [6.45, 7) is 5.30. The van der Waals surface area contributed by atoms with Gasteiger partial charge in [0.25, 0.3) is 5.91 Å². The molecule has 0 N–H and O–H groups in total. The van der Waals surface area contributed by atoms with Crippen LogP contribution in [0.4, 0.5) is 0 Å². The van der Waals surface area contributed by atoms with E-state index in [0.29, 0.717) is 50.2 Å². The van der Waals surface area contributed by atoms with Crippen molar-refractivity contribution < 1.29 is 28.6 Å². The number of ether oxygens (including phenoxy) is 3. The van der Waals surface area contributed by atoms with Gasteiger partial charge in [-0.1, -0.05) is 18.2 Å². The van der Waals surface area contributed by atoms with Crippen LogP contribution in [0.15, 0.2) is 24.0 Å². The first-order chi connectivity index (χ1) is 15.4. The Balaban J connectivity index is 1.61. The molecule has 3 fully saturated rings. The van der Waals surface area contributed by atoms with E-state index in [1.807, 2.05) is 32.0 Å². The SMILES string of the molecule is CON1C(=O)C(c2c(C)cccc2C)=C(OC(=O)C2CC2)C12CCC1(CC2)OCCCO1. The molecule has 4 aliphatic rings. The lowest BCUT2D eigenvalue weighted by Crippen LogP contribution is -2.55. The summed E-state index contributed by atoms with van der Waals surface area (Å²) in [7, 11) is 1.51. The molecule has 7 heteroatoms. The van der Waals surface area contributed by atoms with Gasteiger partial charge in [-0.2, -0.15) is 0 Å². The Bertz CT molecular complexity index is 942. The molecule has 32 heavy (non-hydrogen) atoms. The van der Waals surface area contributed by atoms with Gasteiger partial charge < -0.3 is 14.2 Å². The van der Waals surface area contributed by atoms with E-state index in [1.165, 1.54) is 12.2 Å². The number of aryl methyl sites for hydroxylation is 2. The number of nitrogens with zero attached hydrogens (tertiary/aromatic N) is 1. The molecule has 2 spiro atoms. The summed E-state index contributed by atoms with van der Waals surface area (Å²) in [6.07, 6.45) is 4.84. The van der Waals surface area contributed by atoms with Gasteiger partial charge in [-0.3, -0.25) is 14.4 Å². The number of hydrogen-bond acceptors (Lipinski definition) is 6. The van der Waals surface area contributed by atoms with Gasteiger partial charge in [-0.25, -0.2) is 5.06 Å². The molecule has 5 rings (SSSR count). The molecular formula is C25H31NO6. The lowest BCUT2D eigenvalue weighted by molar-refractivity contribution is -0.296.